The molecule has 6 heteroatoms. The van der Waals surface area contributed by atoms with Crippen molar-refractivity contribution in [1.29, 1.82) is 0 Å². The number of ether oxygens (including phenoxy) is 2. The molecule has 1 N–H and O–H groups in total. The van der Waals surface area contributed by atoms with Crippen LogP contribution >= 0.6 is 11.6 Å². The van der Waals surface area contributed by atoms with Gasteiger partial charge in [-0.15, -0.1) is 0 Å². The molecule has 0 saturated carbocycles. The lowest BCUT2D eigenvalue weighted by atomic mass is 10.2. The summed E-state index contributed by atoms with van der Waals surface area (Å²) in [6.07, 6.45) is 3.74. The number of halogens is 1. The maximum Gasteiger partial charge on any atom is 0.254 e. The van der Waals surface area contributed by atoms with Gasteiger partial charge in [-0.2, -0.15) is 0 Å². The first-order valence-corrected chi connectivity index (χ1v) is 6.08. The molecule has 0 aliphatic rings. The molecule has 1 aromatic heterocycles. The molecular weight excluding hydrogens is 256 g/mol. The highest BCUT2D eigenvalue weighted by atomic mass is 35.5. The molecule has 18 heavy (non-hydrogen) atoms. The molecule has 0 bridgehead atoms. The van der Waals surface area contributed by atoms with Crippen molar-refractivity contribution >= 4 is 17.5 Å². The Morgan fingerprint density at radius 2 is 2.28 bits per heavy atom. The Bertz CT molecular complexity index is 374. The van der Waals surface area contributed by atoms with E-state index in [4.69, 9.17) is 21.1 Å². The quantitative estimate of drug-likeness (QED) is 0.729. The standard InChI is InChI=1S/C12H17ClN2O3/c1-17-7-8-18-6-2-4-15-12(16)10-9-14-5-3-11(10)13/h3,5,9H,2,4,6-8H2,1H3,(H,15,16). The minimum atomic E-state index is -0.218. The van der Waals surface area contributed by atoms with Crippen LogP contribution in [0.5, 0.6) is 0 Å². The van der Waals surface area contributed by atoms with E-state index in [2.05, 4.69) is 10.3 Å². The van der Waals surface area contributed by atoms with Gasteiger partial charge in [0.15, 0.2) is 0 Å². The van der Waals surface area contributed by atoms with E-state index in [0.29, 0.717) is 37.0 Å². The zero-order valence-corrected chi connectivity index (χ0v) is 11.1. The Morgan fingerprint density at radius 1 is 1.44 bits per heavy atom. The van der Waals surface area contributed by atoms with Gasteiger partial charge in [-0.3, -0.25) is 9.78 Å². The highest BCUT2D eigenvalue weighted by molar-refractivity contribution is 6.33. The van der Waals surface area contributed by atoms with E-state index in [1.807, 2.05) is 0 Å². The topological polar surface area (TPSA) is 60.5 Å². The lowest BCUT2D eigenvalue weighted by Crippen LogP contribution is -2.25. The normalized spacial score (nSPS) is 10.3. The number of hydrogen-bond acceptors (Lipinski definition) is 4. The second kappa shape index (κ2) is 8.85. The number of rotatable bonds is 8. The van der Waals surface area contributed by atoms with Crippen LogP contribution < -0.4 is 5.32 Å². The zero-order chi connectivity index (χ0) is 13.2. The summed E-state index contributed by atoms with van der Waals surface area (Å²) in [6, 6.07) is 1.59. The molecule has 1 aromatic rings. The van der Waals surface area contributed by atoms with Gasteiger partial charge in [0.25, 0.3) is 5.91 Å². The molecule has 5 nitrogen and oxygen atoms in total. The summed E-state index contributed by atoms with van der Waals surface area (Å²) in [6.45, 7) is 2.28. The van der Waals surface area contributed by atoms with Crippen molar-refractivity contribution < 1.29 is 14.3 Å². The maximum atomic E-state index is 11.7. The molecule has 100 valence electrons. The average molecular weight is 273 g/mol. The second-order valence-electron chi connectivity index (χ2n) is 3.57. The first-order valence-electron chi connectivity index (χ1n) is 5.70. The molecule has 0 fully saturated rings. The molecule has 1 amide bonds. The first-order chi connectivity index (χ1) is 8.75. The van der Waals surface area contributed by atoms with Crippen LogP contribution in [0.3, 0.4) is 0 Å². The number of amides is 1. The number of carbonyl (C=O) groups excluding carboxylic acids is 1. The minimum Gasteiger partial charge on any atom is -0.382 e. The number of nitrogens with one attached hydrogen (secondary N) is 1. The van der Waals surface area contributed by atoms with Gasteiger partial charge in [-0.1, -0.05) is 11.6 Å². The summed E-state index contributed by atoms with van der Waals surface area (Å²) in [5.74, 6) is -0.218. The number of pyridine rings is 1. The Hall–Kier alpha value is -1.17. The van der Waals surface area contributed by atoms with E-state index in [1.165, 1.54) is 6.20 Å². The molecule has 0 unspecified atom stereocenters. The van der Waals surface area contributed by atoms with Crippen LogP contribution in [0.4, 0.5) is 0 Å². The van der Waals surface area contributed by atoms with E-state index in [1.54, 1.807) is 19.4 Å². The van der Waals surface area contributed by atoms with Crippen molar-refractivity contribution in [3.8, 4) is 0 Å². The molecule has 0 aliphatic heterocycles. The number of nitrogens with zero attached hydrogens (tertiary/aromatic N) is 1. The smallest absolute Gasteiger partial charge is 0.254 e. The van der Waals surface area contributed by atoms with Crippen LogP contribution in [0.25, 0.3) is 0 Å². The average Bonchev–Trinajstić information content (AvgIpc) is 2.38. The van der Waals surface area contributed by atoms with Gasteiger partial charge in [0, 0.05) is 32.7 Å². The predicted octanol–water partition coefficient (Wildman–Crippen LogP) is 1.52. The number of hydrogen-bond donors (Lipinski definition) is 1. The summed E-state index contributed by atoms with van der Waals surface area (Å²) < 4.78 is 10.1. The van der Waals surface area contributed by atoms with Crippen molar-refractivity contribution in [2.75, 3.05) is 33.5 Å². The molecule has 0 atom stereocenters. The van der Waals surface area contributed by atoms with Gasteiger partial charge >= 0.3 is 0 Å². The highest BCUT2D eigenvalue weighted by Gasteiger charge is 2.08. The van der Waals surface area contributed by atoms with E-state index in [9.17, 15) is 4.79 Å². The summed E-state index contributed by atoms with van der Waals surface area (Å²) in [7, 11) is 1.63. The molecule has 0 aromatic carbocycles. The monoisotopic (exact) mass is 272 g/mol. The number of methoxy groups -OCH3 is 1. The largest absolute Gasteiger partial charge is 0.382 e. The summed E-state index contributed by atoms with van der Waals surface area (Å²) in [5, 5.41) is 3.16. The van der Waals surface area contributed by atoms with Gasteiger partial charge in [0.1, 0.15) is 0 Å². The lowest BCUT2D eigenvalue weighted by Gasteiger charge is -2.06. The van der Waals surface area contributed by atoms with Crippen molar-refractivity contribution in [2.24, 2.45) is 0 Å². The molecule has 0 radical (unpaired) electrons. The molecule has 0 spiro atoms. The van der Waals surface area contributed by atoms with Crippen LogP contribution in [0.1, 0.15) is 16.8 Å². The molecule has 0 aliphatic carbocycles. The fourth-order valence-corrected chi connectivity index (χ4v) is 1.45. The van der Waals surface area contributed by atoms with Crippen LogP contribution in [0.2, 0.25) is 5.02 Å². The SMILES string of the molecule is COCCOCCCNC(=O)c1cnccc1Cl. The van der Waals surface area contributed by atoms with E-state index < -0.39 is 0 Å². The third-order valence-electron chi connectivity index (χ3n) is 2.20. The first kappa shape index (κ1) is 14.9. The molecular formula is C12H17ClN2O3. The third-order valence-corrected chi connectivity index (χ3v) is 2.52. The van der Waals surface area contributed by atoms with Gasteiger partial charge < -0.3 is 14.8 Å². The van der Waals surface area contributed by atoms with Crippen LogP contribution in [0, 0.1) is 0 Å². The van der Waals surface area contributed by atoms with Crippen LogP contribution in [0.15, 0.2) is 18.5 Å². The Morgan fingerprint density at radius 3 is 3.00 bits per heavy atom. The van der Waals surface area contributed by atoms with Gasteiger partial charge in [-0.05, 0) is 12.5 Å². The summed E-state index contributed by atoms with van der Waals surface area (Å²) in [5.41, 5.74) is 0.388. The van der Waals surface area contributed by atoms with Gasteiger partial charge in [0.05, 0.1) is 23.8 Å². The van der Waals surface area contributed by atoms with Crippen LogP contribution in [-0.4, -0.2) is 44.4 Å². The third kappa shape index (κ3) is 5.44. The summed E-state index contributed by atoms with van der Waals surface area (Å²) >= 11 is 5.88. The van der Waals surface area contributed by atoms with Gasteiger partial charge in [-0.25, -0.2) is 0 Å². The van der Waals surface area contributed by atoms with Crippen molar-refractivity contribution in [3.63, 3.8) is 0 Å². The lowest BCUT2D eigenvalue weighted by molar-refractivity contribution is 0.0688. The zero-order valence-electron chi connectivity index (χ0n) is 10.3. The number of aromatic nitrogens is 1. The van der Waals surface area contributed by atoms with E-state index >= 15 is 0 Å². The van der Waals surface area contributed by atoms with Gasteiger partial charge in [0.2, 0.25) is 0 Å². The maximum absolute atomic E-state index is 11.7. The Kier molecular flexibility index (Phi) is 7.32. The fourth-order valence-electron chi connectivity index (χ4n) is 1.26. The second-order valence-corrected chi connectivity index (χ2v) is 3.98. The number of carbonyl (C=O) groups is 1. The molecule has 0 saturated heterocycles. The molecule has 1 rings (SSSR count). The fraction of sp³-hybridized carbons (Fsp3) is 0.500. The highest BCUT2D eigenvalue weighted by Crippen LogP contribution is 2.12. The predicted molar refractivity (Wildman–Crippen MR) is 68.9 cm³/mol. The Balaban J connectivity index is 2.16. The molecule has 1 heterocycles. The summed E-state index contributed by atoms with van der Waals surface area (Å²) in [4.78, 5) is 15.6. The van der Waals surface area contributed by atoms with E-state index in [0.717, 1.165) is 6.42 Å². The van der Waals surface area contributed by atoms with Crippen LogP contribution in [-0.2, 0) is 9.47 Å². The van der Waals surface area contributed by atoms with E-state index in [-0.39, 0.29) is 5.91 Å². The Labute approximate surface area is 111 Å². The van der Waals surface area contributed by atoms with Crippen molar-refractivity contribution in [2.45, 2.75) is 6.42 Å². The van der Waals surface area contributed by atoms with Crippen molar-refractivity contribution in [3.05, 3.63) is 29.0 Å². The minimum absolute atomic E-state index is 0.218. The van der Waals surface area contributed by atoms with Crippen molar-refractivity contribution in [1.82, 2.24) is 10.3 Å².